The molecule has 0 amide bonds. The Labute approximate surface area is 36.9 Å². The van der Waals surface area contributed by atoms with Crippen LogP contribution in [0.2, 0.25) is 0 Å². The summed E-state index contributed by atoms with van der Waals surface area (Å²) in [6.07, 6.45) is 0. The molecule has 0 bridgehead atoms. The first-order valence-corrected chi connectivity index (χ1v) is 0.535. The zero-order valence-corrected chi connectivity index (χ0v) is 2.46. The molecule has 0 saturated heterocycles. The van der Waals surface area contributed by atoms with E-state index in [1.165, 1.54) is 0 Å². The predicted molar refractivity (Wildman–Crippen MR) is 8.20 cm³/mol. The van der Waals surface area contributed by atoms with E-state index in [0.29, 0.717) is 0 Å². The van der Waals surface area contributed by atoms with Crippen molar-refractivity contribution in [2.24, 2.45) is 0 Å². The Morgan fingerprint density at radius 2 is 1.50 bits per heavy atom. The van der Waals surface area contributed by atoms with Gasteiger partial charge in [0.05, 0.1) is 0 Å². The molecular weight excluding hydrogens is 56.9 g/mol. The van der Waals surface area contributed by atoms with Crippen LogP contribution in [0, 0.1) is 0 Å². The van der Waals surface area contributed by atoms with E-state index < -0.39 is 6.93 Å². The van der Waals surface area contributed by atoms with E-state index in [-0.39, 0.29) is 20.3 Å². The van der Waals surface area contributed by atoms with Crippen molar-refractivity contribution in [3.05, 3.63) is 0 Å². The summed E-state index contributed by atoms with van der Waals surface area (Å²) in [5.41, 5.74) is 0. The Kier molecular flexibility index (Phi) is 21.7. The maximum Gasteiger partial charge on any atom is 1.00 e. The summed E-state index contributed by atoms with van der Waals surface area (Å²) in [5.74, 6) is 0. The number of rotatable bonds is 0. The second-order valence-corrected chi connectivity index (χ2v) is 0.101. The van der Waals surface area contributed by atoms with Crippen LogP contribution in [0.25, 0.3) is 0 Å². The van der Waals surface area contributed by atoms with Crippen LogP contribution in [0.5, 0.6) is 0 Å². The van der Waals surface area contributed by atoms with Gasteiger partial charge in [-0.25, -0.2) is 8.78 Å². The summed E-state index contributed by atoms with van der Waals surface area (Å²) in [5, 5.41) is 0. The number of hydrogen-bond donors (Lipinski definition) is 0. The Balaban J connectivity index is -0.0000000200. The smallest absolute Gasteiger partial charge is 1.00 e. The average Bonchev–Trinajstić information content (AvgIpc) is 0.918. The fraction of sp³-hybridized carbons (Fsp3) is 1.00. The van der Waals surface area contributed by atoms with E-state index in [1.54, 1.807) is 0 Å². The minimum atomic E-state index is -1.75. The van der Waals surface area contributed by atoms with Crippen molar-refractivity contribution < 1.29 is 29.1 Å². The first kappa shape index (κ1) is 8.82. The van der Waals surface area contributed by atoms with E-state index in [9.17, 15) is 8.78 Å². The summed E-state index contributed by atoms with van der Waals surface area (Å²) in [6.45, 7) is -1.75. The van der Waals surface area contributed by atoms with E-state index >= 15 is 0 Å². The van der Waals surface area contributed by atoms with Crippen LogP contribution in [0.4, 0.5) is 8.78 Å². The molecule has 0 radical (unpaired) electrons. The fourth-order valence-electron chi connectivity index (χ4n) is 0. The SMILES string of the molecule is FCF.[H-].[Li+]. The van der Waals surface area contributed by atoms with Crippen LogP contribution >= 0.6 is 0 Å². The zero-order valence-electron chi connectivity index (χ0n) is 3.46. The van der Waals surface area contributed by atoms with Gasteiger partial charge in [-0.3, -0.25) is 0 Å². The summed E-state index contributed by atoms with van der Waals surface area (Å²) < 4.78 is 19.2. The normalized spacial score (nSPS) is 4.50. The molecule has 0 N–H and O–H groups in total. The molecule has 0 rings (SSSR count). The predicted octanol–water partition coefficient (Wildman–Crippen LogP) is -2.00. The molecular formula is CH3F2Li. The minimum Gasteiger partial charge on any atom is -1.00 e. The Bertz CT molecular complexity index is 9.61. The topological polar surface area (TPSA) is 0 Å². The summed E-state index contributed by atoms with van der Waals surface area (Å²) in [4.78, 5) is 0. The van der Waals surface area contributed by atoms with Crippen LogP contribution in [0.1, 0.15) is 1.43 Å². The van der Waals surface area contributed by atoms with Gasteiger partial charge in [0.1, 0.15) is 0 Å². The summed E-state index contributed by atoms with van der Waals surface area (Å²) in [7, 11) is 0. The molecule has 0 aliphatic carbocycles. The third-order valence-electron chi connectivity index (χ3n) is 0. The molecule has 0 unspecified atom stereocenters. The number of halogens is 2. The minimum absolute atomic E-state index is 0. The van der Waals surface area contributed by atoms with Gasteiger partial charge >= 0.3 is 18.9 Å². The van der Waals surface area contributed by atoms with E-state index in [1.807, 2.05) is 0 Å². The van der Waals surface area contributed by atoms with Crippen LogP contribution < -0.4 is 18.9 Å². The van der Waals surface area contributed by atoms with Crippen molar-refractivity contribution >= 4 is 0 Å². The van der Waals surface area contributed by atoms with E-state index in [2.05, 4.69) is 0 Å². The van der Waals surface area contributed by atoms with Crippen LogP contribution in [0.3, 0.4) is 0 Å². The maximum atomic E-state index is 9.62. The molecule has 4 heavy (non-hydrogen) atoms. The number of alkyl halides is 2. The molecule has 0 spiro atoms. The molecule has 0 atom stereocenters. The molecule has 0 aromatic rings. The molecule has 3 heteroatoms. The second-order valence-electron chi connectivity index (χ2n) is 0.101. The molecule has 0 aromatic heterocycles. The van der Waals surface area contributed by atoms with Gasteiger partial charge in [0.25, 0.3) is 0 Å². The van der Waals surface area contributed by atoms with Crippen LogP contribution in [0.15, 0.2) is 0 Å². The number of hydrogen-bond acceptors (Lipinski definition) is 0. The molecule has 22 valence electrons. The van der Waals surface area contributed by atoms with Gasteiger partial charge in [0, 0.05) is 0 Å². The van der Waals surface area contributed by atoms with Gasteiger partial charge < -0.3 is 1.43 Å². The quantitative estimate of drug-likeness (QED) is 0.284. The van der Waals surface area contributed by atoms with Crippen molar-refractivity contribution in [1.29, 1.82) is 0 Å². The van der Waals surface area contributed by atoms with Gasteiger partial charge in [-0.15, -0.1) is 0 Å². The van der Waals surface area contributed by atoms with Crippen molar-refractivity contribution in [2.45, 2.75) is 0 Å². The third kappa shape index (κ3) is 24.9. The Morgan fingerprint density at radius 1 is 1.50 bits per heavy atom. The largest absolute Gasteiger partial charge is 1.00 e. The molecule has 0 heterocycles. The van der Waals surface area contributed by atoms with Crippen molar-refractivity contribution in [3.63, 3.8) is 0 Å². The van der Waals surface area contributed by atoms with Crippen LogP contribution in [-0.2, 0) is 0 Å². The molecule has 0 fully saturated rings. The van der Waals surface area contributed by atoms with E-state index in [0.717, 1.165) is 0 Å². The van der Waals surface area contributed by atoms with Crippen molar-refractivity contribution in [1.82, 2.24) is 0 Å². The fourth-order valence-corrected chi connectivity index (χ4v) is 0. The average molecular weight is 60.0 g/mol. The van der Waals surface area contributed by atoms with Gasteiger partial charge in [-0.2, -0.15) is 0 Å². The standard InChI is InChI=1S/CH2F2.Li.H/c2-1-3;;/h1H2;;/q;+1;-1. The maximum absolute atomic E-state index is 9.62. The Hall–Kier alpha value is 0.457. The molecule has 0 aliphatic heterocycles. The summed E-state index contributed by atoms with van der Waals surface area (Å²) >= 11 is 0. The van der Waals surface area contributed by atoms with Crippen molar-refractivity contribution in [2.75, 3.05) is 6.93 Å². The van der Waals surface area contributed by atoms with Crippen molar-refractivity contribution in [3.8, 4) is 0 Å². The first-order valence-electron chi connectivity index (χ1n) is 0.535. The van der Waals surface area contributed by atoms with Gasteiger partial charge in [0.2, 0.25) is 6.93 Å². The molecule has 0 aliphatic rings. The van der Waals surface area contributed by atoms with Crippen LogP contribution in [-0.4, -0.2) is 6.93 Å². The zero-order chi connectivity index (χ0) is 2.71. The molecule has 0 saturated carbocycles. The van der Waals surface area contributed by atoms with E-state index in [4.69, 9.17) is 0 Å². The second kappa shape index (κ2) is 9.83. The van der Waals surface area contributed by atoms with Gasteiger partial charge in [-0.1, -0.05) is 0 Å². The molecule has 0 aromatic carbocycles. The third-order valence-corrected chi connectivity index (χ3v) is 0. The van der Waals surface area contributed by atoms with Gasteiger partial charge in [-0.05, 0) is 0 Å². The van der Waals surface area contributed by atoms with Gasteiger partial charge in [0.15, 0.2) is 0 Å². The molecule has 0 nitrogen and oxygen atoms in total. The monoisotopic (exact) mass is 60.0 g/mol. The Morgan fingerprint density at radius 3 is 1.50 bits per heavy atom. The first-order chi connectivity index (χ1) is 1.41. The summed E-state index contributed by atoms with van der Waals surface area (Å²) in [6, 6.07) is 0.